The first kappa shape index (κ1) is 9.26. The summed E-state index contributed by atoms with van der Waals surface area (Å²) in [6.07, 6.45) is 3.23. The first-order chi connectivity index (χ1) is 5.61. The van der Waals surface area contributed by atoms with Crippen LogP contribution in [0.3, 0.4) is 0 Å². The monoisotopic (exact) mass is 170 g/mol. The molecule has 0 fully saturated rings. The van der Waals surface area contributed by atoms with Crippen molar-refractivity contribution in [1.29, 1.82) is 0 Å². The molecule has 0 radical (unpaired) electrons. The standard InChI is InChI=1S/C9H14O3/c1-6(10)8-4-3-5-9(11)12-7(8)2/h3,5-8,10H,4H2,1-2H3/t6-,7+,8+/m0/s1. The summed E-state index contributed by atoms with van der Waals surface area (Å²) in [6.45, 7) is 3.52. The lowest BCUT2D eigenvalue weighted by Gasteiger charge is -2.23. The normalized spacial score (nSPS) is 32.4. The fraction of sp³-hybridized carbons (Fsp3) is 0.667. The van der Waals surface area contributed by atoms with Crippen LogP contribution >= 0.6 is 0 Å². The van der Waals surface area contributed by atoms with Gasteiger partial charge in [0.05, 0.1) is 6.10 Å². The summed E-state index contributed by atoms with van der Waals surface area (Å²) in [7, 11) is 0. The van der Waals surface area contributed by atoms with Crippen LogP contribution in [-0.2, 0) is 9.53 Å². The van der Waals surface area contributed by atoms with E-state index in [-0.39, 0.29) is 18.0 Å². The summed E-state index contributed by atoms with van der Waals surface area (Å²) in [5, 5.41) is 9.33. The molecule has 1 aliphatic rings. The van der Waals surface area contributed by atoms with Crippen LogP contribution in [0.15, 0.2) is 12.2 Å². The topological polar surface area (TPSA) is 46.5 Å². The molecule has 0 unspecified atom stereocenters. The number of cyclic esters (lactones) is 1. The minimum Gasteiger partial charge on any atom is -0.459 e. The van der Waals surface area contributed by atoms with Gasteiger partial charge in [0, 0.05) is 12.0 Å². The van der Waals surface area contributed by atoms with E-state index in [0.29, 0.717) is 6.42 Å². The Bertz CT molecular complexity index is 196. The fourth-order valence-corrected chi connectivity index (χ4v) is 1.41. The highest BCUT2D eigenvalue weighted by molar-refractivity contribution is 5.82. The predicted octanol–water partition coefficient (Wildman–Crippen LogP) is 0.875. The van der Waals surface area contributed by atoms with Gasteiger partial charge < -0.3 is 9.84 Å². The molecule has 0 amide bonds. The zero-order chi connectivity index (χ0) is 9.14. The van der Waals surface area contributed by atoms with Crippen molar-refractivity contribution in [3.05, 3.63) is 12.2 Å². The number of hydrogen-bond donors (Lipinski definition) is 1. The molecule has 1 N–H and O–H groups in total. The SMILES string of the molecule is C[C@H](O)[C@H]1CC=CC(=O)O[C@@H]1C. The largest absolute Gasteiger partial charge is 0.459 e. The van der Waals surface area contributed by atoms with E-state index in [2.05, 4.69) is 0 Å². The number of allylic oxidation sites excluding steroid dienone is 1. The first-order valence-electron chi connectivity index (χ1n) is 4.16. The Morgan fingerprint density at radius 1 is 1.75 bits per heavy atom. The van der Waals surface area contributed by atoms with E-state index in [1.807, 2.05) is 6.92 Å². The molecule has 0 aromatic rings. The third kappa shape index (κ3) is 2.08. The number of ether oxygens (including phenoxy) is 1. The Hall–Kier alpha value is -0.830. The van der Waals surface area contributed by atoms with Gasteiger partial charge in [0.1, 0.15) is 6.10 Å². The lowest BCUT2D eigenvalue weighted by Crippen LogP contribution is -2.29. The molecule has 1 rings (SSSR count). The molecule has 0 aromatic carbocycles. The summed E-state index contributed by atoms with van der Waals surface area (Å²) in [5.74, 6) is -0.293. The Morgan fingerprint density at radius 2 is 2.42 bits per heavy atom. The van der Waals surface area contributed by atoms with Gasteiger partial charge in [-0.05, 0) is 20.3 Å². The third-order valence-corrected chi connectivity index (χ3v) is 2.19. The number of carbonyl (C=O) groups excluding carboxylic acids is 1. The van der Waals surface area contributed by atoms with Gasteiger partial charge in [-0.3, -0.25) is 0 Å². The van der Waals surface area contributed by atoms with Crippen molar-refractivity contribution in [1.82, 2.24) is 0 Å². The molecule has 0 saturated carbocycles. The van der Waals surface area contributed by atoms with E-state index in [1.165, 1.54) is 6.08 Å². The maximum absolute atomic E-state index is 10.9. The molecule has 68 valence electrons. The summed E-state index contributed by atoms with van der Waals surface area (Å²) < 4.78 is 5.00. The molecule has 0 spiro atoms. The lowest BCUT2D eigenvalue weighted by molar-refractivity contribution is -0.145. The molecule has 0 saturated heterocycles. The van der Waals surface area contributed by atoms with E-state index < -0.39 is 6.10 Å². The van der Waals surface area contributed by atoms with Crippen LogP contribution in [0, 0.1) is 5.92 Å². The number of esters is 1. The molecule has 1 aliphatic heterocycles. The van der Waals surface area contributed by atoms with Crippen molar-refractivity contribution in [3.8, 4) is 0 Å². The molecule has 3 heteroatoms. The highest BCUT2D eigenvalue weighted by atomic mass is 16.5. The average molecular weight is 170 g/mol. The zero-order valence-corrected chi connectivity index (χ0v) is 7.36. The third-order valence-electron chi connectivity index (χ3n) is 2.19. The lowest BCUT2D eigenvalue weighted by atomic mass is 9.94. The second-order valence-electron chi connectivity index (χ2n) is 3.18. The van der Waals surface area contributed by atoms with Gasteiger partial charge in [0.15, 0.2) is 0 Å². The fourth-order valence-electron chi connectivity index (χ4n) is 1.41. The van der Waals surface area contributed by atoms with Crippen molar-refractivity contribution in [2.24, 2.45) is 5.92 Å². The minimum absolute atomic E-state index is 0.0210. The van der Waals surface area contributed by atoms with Crippen molar-refractivity contribution in [3.63, 3.8) is 0 Å². The van der Waals surface area contributed by atoms with E-state index in [9.17, 15) is 9.90 Å². The van der Waals surface area contributed by atoms with Gasteiger partial charge in [-0.15, -0.1) is 0 Å². The van der Waals surface area contributed by atoms with Crippen LogP contribution in [-0.4, -0.2) is 23.3 Å². The highest BCUT2D eigenvalue weighted by Gasteiger charge is 2.25. The van der Waals surface area contributed by atoms with E-state index in [1.54, 1.807) is 13.0 Å². The van der Waals surface area contributed by atoms with E-state index in [4.69, 9.17) is 4.74 Å². The smallest absolute Gasteiger partial charge is 0.330 e. The quantitative estimate of drug-likeness (QED) is 0.594. The van der Waals surface area contributed by atoms with Gasteiger partial charge in [-0.25, -0.2) is 4.79 Å². The number of carbonyl (C=O) groups is 1. The predicted molar refractivity (Wildman–Crippen MR) is 44.5 cm³/mol. The molecule has 0 aromatic heterocycles. The van der Waals surface area contributed by atoms with Gasteiger partial charge >= 0.3 is 5.97 Å². The van der Waals surface area contributed by atoms with E-state index in [0.717, 1.165) is 0 Å². The number of hydrogen-bond acceptors (Lipinski definition) is 3. The second-order valence-corrected chi connectivity index (χ2v) is 3.18. The molecule has 12 heavy (non-hydrogen) atoms. The Morgan fingerprint density at radius 3 is 3.00 bits per heavy atom. The number of rotatable bonds is 1. The van der Waals surface area contributed by atoms with Gasteiger partial charge in [0.25, 0.3) is 0 Å². The first-order valence-corrected chi connectivity index (χ1v) is 4.16. The van der Waals surface area contributed by atoms with Crippen LogP contribution < -0.4 is 0 Å². The van der Waals surface area contributed by atoms with Crippen LogP contribution in [0.1, 0.15) is 20.3 Å². The van der Waals surface area contributed by atoms with Crippen LogP contribution in [0.25, 0.3) is 0 Å². The van der Waals surface area contributed by atoms with Crippen molar-refractivity contribution in [2.45, 2.75) is 32.5 Å². The molecular weight excluding hydrogens is 156 g/mol. The molecule has 3 nitrogen and oxygen atoms in total. The minimum atomic E-state index is -0.435. The summed E-state index contributed by atoms with van der Waals surface area (Å²) in [6, 6.07) is 0. The van der Waals surface area contributed by atoms with Gasteiger partial charge in [0.2, 0.25) is 0 Å². The van der Waals surface area contributed by atoms with Crippen LogP contribution in [0.5, 0.6) is 0 Å². The Labute approximate surface area is 72.0 Å². The van der Waals surface area contributed by atoms with Crippen LogP contribution in [0.2, 0.25) is 0 Å². The van der Waals surface area contributed by atoms with Gasteiger partial charge in [-0.2, -0.15) is 0 Å². The summed E-state index contributed by atoms with van der Waals surface area (Å²) >= 11 is 0. The molecule has 1 heterocycles. The highest BCUT2D eigenvalue weighted by Crippen LogP contribution is 2.20. The van der Waals surface area contributed by atoms with Gasteiger partial charge in [-0.1, -0.05) is 6.08 Å². The van der Waals surface area contributed by atoms with E-state index >= 15 is 0 Å². The Balaban J connectivity index is 2.65. The molecule has 0 aliphatic carbocycles. The Kier molecular flexibility index (Phi) is 2.87. The molecular formula is C9H14O3. The molecule has 3 atom stereocenters. The number of aliphatic hydroxyl groups excluding tert-OH is 1. The zero-order valence-electron chi connectivity index (χ0n) is 7.36. The second kappa shape index (κ2) is 3.72. The average Bonchev–Trinajstić information content (AvgIpc) is 2.10. The maximum atomic E-state index is 10.9. The summed E-state index contributed by atoms with van der Waals surface area (Å²) in [5.41, 5.74) is 0. The van der Waals surface area contributed by atoms with Crippen molar-refractivity contribution in [2.75, 3.05) is 0 Å². The van der Waals surface area contributed by atoms with Crippen molar-refractivity contribution >= 4 is 5.97 Å². The summed E-state index contributed by atoms with van der Waals surface area (Å²) in [4.78, 5) is 10.9. The van der Waals surface area contributed by atoms with Crippen molar-refractivity contribution < 1.29 is 14.6 Å². The molecule has 0 bridgehead atoms. The number of aliphatic hydroxyl groups is 1. The maximum Gasteiger partial charge on any atom is 0.330 e. The van der Waals surface area contributed by atoms with Crippen LogP contribution in [0.4, 0.5) is 0 Å².